The maximum absolute atomic E-state index is 12.8. The third-order valence-corrected chi connectivity index (χ3v) is 3.17. The first-order chi connectivity index (χ1) is 14.0. The molecule has 0 aliphatic heterocycles. The van der Waals surface area contributed by atoms with Crippen LogP contribution in [0.15, 0.2) is 49.2 Å². The smallest absolute Gasteiger partial charge is 0.664 e. The SMILES string of the molecule is [Mn+2].[NH-]C(=O)/C=C\n1cnc(-c2cc(C(F)(F)F)cc(C(F)(F)F)c2)n1.[c-]1cnccn1. The van der Waals surface area contributed by atoms with Crippen LogP contribution < -0.4 is 0 Å². The van der Waals surface area contributed by atoms with Crippen LogP contribution in [0.3, 0.4) is 0 Å². The predicted octanol–water partition coefficient (Wildman–Crippen LogP) is 4.31. The first-order valence-corrected chi connectivity index (χ1v) is 7.73. The number of carbonyl (C=O) groups excluding carboxylic acids is 1. The van der Waals surface area contributed by atoms with Gasteiger partial charge in [-0.15, -0.1) is 17.5 Å². The second-order valence-electron chi connectivity index (χ2n) is 5.36. The molecule has 14 heteroatoms. The second-order valence-corrected chi connectivity index (χ2v) is 5.36. The third-order valence-electron chi connectivity index (χ3n) is 3.17. The van der Waals surface area contributed by atoms with Crippen LogP contribution in [0, 0.1) is 6.20 Å². The summed E-state index contributed by atoms with van der Waals surface area (Å²) < 4.78 is 77.6. The number of alkyl halides is 6. The van der Waals surface area contributed by atoms with Gasteiger partial charge in [0.05, 0.1) is 17.0 Å². The Morgan fingerprint density at radius 1 is 1.03 bits per heavy atom. The molecular weight excluding hydrogens is 473 g/mol. The van der Waals surface area contributed by atoms with Crippen molar-refractivity contribution in [2.24, 2.45) is 0 Å². The molecular formula is C17H10F6MnN6O. The summed E-state index contributed by atoms with van der Waals surface area (Å²) in [6.07, 6.45) is 0.0321. The fraction of sp³-hybridized carbons (Fsp3) is 0.118. The Kier molecular flexibility index (Phi) is 8.88. The van der Waals surface area contributed by atoms with Gasteiger partial charge in [-0.25, -0.2) is 9.67 Å². The van der Waals surface area contributed by atoms with E-state index in [0.717, 1.165) is 23.3 Å². The number of hydrogen-bond donors (Lipinski definition) is 0. The molecule has 0 aliphatic rings. The average Bonchev–Trinajstić information content (AvgIpc) is 3.16. The Bertz CT molecular complexity index is 961. The van der Waals surface area contributed by atoms with E-state index >= 15 is 0 Å². The molecule has 3 rings (SSSR count). The zero-order chi connectivity index (χ0) is 22.4. The Morgan fingerprint density at radius 2 is 1.65 bits per heavy atom. The van der Waals surface area contributed by atoms with Crippen molar-refractivity contribution in [1.29, 1.82) is 0 Å². The van der Waals surface area contributed by atoms with Crippen molar-refractivity contribution >= 4 is 12.1 Å². The van der Waals surface area contributed by atoms with Crippen LogP contribution in [0.1, 0.15) is 11.1 Å². The molecule has 0 spiro atoms. The first-order valence-electron chi connectivity index (χ1n) is 7.73. The monoisotopic (exact) mass is 483 g/mol. The van der Waals surface area contributed by atoms with Crippen molar-refractivity contribution in [2.75, 3.05) is 0 Å². The minimum absolute atomic E-state index is 0. The summed E-state index contributed by atoms with van der Waals surface area (Å²) in [7, 11) is 0. The maximum atomic E-state index is 12.8. The fourth-order valence-electron chi connectivity index (χ4n) is 1.93. The number of nitrogens with zero attached hydrogens (tertiary/aromatic N) is 5. The molecule has 2 aromatic heterocycles. The molecule has 1 radical (unpaired) electrons. The molecule has 0 saturated heterocycles. The van der Waals surface area contributed by atoms with E-state index in [9.17, 15) is 31.1 Å². The van der Waals surface area contributed by atoms with E-state index in [-0.39, 0.29) is 23.1 Å². The Labute approximate surface area is 181 Å². The topological polar surface area (TPSA) is 97.4 Å². The van der Waals surface area contributed by atoms with Gasteiger partial charge in [-0.3, -0.25) is 0 Å². The van der Waals surface area contributed by atoms with Gasteiger partial charge in [-0.1, -0.05) is 0 Å². The minimum Gasteiger partial charge on any atom is -0.664 e. The summed E-state index contributed by atoms with van der Waals surface area (Å²) in [6.45, 7) is 0. The molecule has 3 aromatic rings. The van der Waals surface area contributed by atoms with E-state index in [2.05, 4.69) is 26.2 Å². The molecule has 1 N–H and O–H groups in total. The van der Waals surface area contributed by atoms with Crippen molar-refractivity contribution in [2.45, 2.75) is 12.4 Å². The van der Waals surface area contributed by atoms with Crippen LogP contribution >= 0.6 is 0 Å². The number of benzene rings is 1. The molecule has 0 aliphatic carbocycles. The van der Waals surface area contributed by atoms with Crippen LogP contribution in [-0.4, -0.2) is 30.6 Å². The standard InChI is InChI=1S/C13H8F6N4O.C4H3N2.Mn/c14-12(15,16)8-3-7(4-9(5-8)13(17,18)19)11-21-6-23(22-11)2-1-10(20)24;1-2-6-4-3-5-1;/h1-6H,(H2,20,24);1-3H;/q;-1;+2/p-1/b2-1-;;. The molecule has 0 bridgehead atoms. The van der Waals surface area contributed by atoms with Crippen molar-refractivity contribution in [1.82, 2.24) is 24.7 Å². The number of halogens is 6. The maximum Gasteiger partial charge on any atom is 2.00 e. The number of nitrogens with one attached hydrogen (secondary N) is 1. The summed E-state index contributed by atoms with van der Waals surface area (Å²) in [4.78, 5) is 21.3. The van der Waals surface area contributed by atoms with E-state index in [4.69, 9.17) is 5.73 Å². The summed E-state index contributed by atoms with van der Waals surface area (Å²) in [5.41, 5.74) is 3.20. The Morgan fingerprint density at radius 3 is 2.03 bits per heavy atom. The zero-order valence-electron chi connectivity index (χ0n) is 15.0. The van der Waals surface area contributed by atoms with E-state index in [1.807, 2.05) is 0 Å². The largest absolute Gasteiger partial charge is 2.00 e. The van der Waals surface area contributed by atoms with Crippen LogP contribution in [0.25, 0.3) is 23.3 Å². The van der Waals surface area contributed by atoms with Crippen molar-refractivity contribution in [3.8, 4) is 11.4 Å². The summed E-state index contributed by atoms with van der Waals surface area (Å²) in [6, 6.07) is 0.988. The number of hydrogen-bond acceptors (Lipinski definition) is 5. The molecule has 0 fully saturated rings. The quantitative estimate of drug-likeness (QED) is 0.240. The van der Waals surface area contributed by atoms with E-state index in [0.29, 0.717) is 12.1 Å². The summed E-state index contributed by atoms with van der Waals surface area (Å²) in [5, 5.41) is 3.65. The van der Waals surface area contributed by atoms with Crippen LogP contribution in [0.2, 0.25) is 0 Å². The third kappa shape index (κ3) is 8.18. The van der Waals surface area contributed by atoms with Gasteiger partial charge < -0.3 is 20.5 Å². The van der Waals surface area contributed by atoms with Crippen LogP contribution in [-0.2, 0) is 34.2 Å². The number of rotatable bonds is 3. The van der Waals surface area contributed by atoms with E-state index < -0.39 is 40.8 Å². The normalized spacial score (nSPS) is 11.4. The van der Waals surface area contributed by atoms with Crippen LogP contribution in [0.4, 0.5) is 26.3 Å². The first kappa shape index (κ1) is 25.8. The Hall–Kier alpha value is -3.25. The van der Waals surface area contributed by atoms with Gasteiger partial charge in [0, 0.05) is 11.8 Å². The second kappa shape index (κ2) is 10.7. The van der Waals surface area contributed by atoms with Gasteiger partial charge in [-0.2, -0.15) is 26.3 Å². The summed E-state index contributed by atoms with van der Waals surface area (Å²) in [5.74, 6) is -1.46. The molecule has 1 amide bonds. The van der Waals surface area contributed by atoms with E-state index in [1.165, 1.54) is 6.20 Å². The zero-order valence-corrected chi connectivity index (χ0v) is 16.2. The van der Waals surface area contributed by atoms with Crippen molar-refractivity contribution < 1.29 is 48.2 Å². The van der Waals surface area contributed by atoms with Gasteiger partial charge in [0.15, 0.2) is 5.82 Å². The van der Waals surface area contributed by atoms with Gasteiger partial charge >= 0.3 is 29.4 Å². The average molecular weight is 483 g/mol. The van der Waals surface area contributed by atoms with Crippen molar-refractivity contribution in [3.05, 3.63) is 72.3 Å². The van der Waals surface area contributed by atoms with E-state index in [1.54, 1.807) is 12.4 Å². The van der Waals surface area contributed by atoms with Crippen LogP contribution in [0.5, 0.6) is 0 Å². The molecule has 2 heterocycles. The molecule has 31 heavy (non-hydrogen) atoms. The number of aromatic nitrogens is 5. The van der Waals surface area contributed by atoms with Gasteiger partial charge in [0.25, 0.3) is 0 Å². The molecule has 1 aromatic carbocycles. The molecule has 7 nitrogen and oxygen atoms in total. The van der Waals surface area contributed by atoms with Gasteiger partial charge in [-0.05, 0) is 36.7 Å². The minimum atomic E-state index is -4.98. The van der Waals surface area contributed by atoms with Gasteiger partial charge in [0.1, 0.15) is 6.33 Å². The predicted molar refractivity (Wildman–Crippen MR) is 91.0 cm³/mol. The number of carbonyl (C=O) groups is 1. The van der Waals surface area contributed by atoms with Crippen molar-refractivity contribution in [3.63, 3.8) is 0 Å². The summed E-state index contributed by atoms with van der Waals surface area (Å²) >= 11 is 0. The number of amides is 1. The Balaban J connectivity index is 0.000000591. The molecule has 0 atom stereocenters. The molecule has 0 saturated carbocycles. The van der Waals surface area contributed by atoms with Gasteiger partial charge in [0.2, 0.25) is 0 Å². The fourth-order valence-corrected chi connectivity index (χ4v) is 1.93. The molecule has 163 valence electrons. The molecule has 0 unspecified atom stereocenters.